The van der Waals surface area contributed by atoms with Gasteiger partial charge in [0.25, 0.3) is 0 Å². The lowest BCUT2D eigenvalue weighted by Crippen LogP contribution is -2.42. The van der Waals surface area contributed by atoms with E-state index < -0.39 is 0 Å². The molecular weight excluding hydrogens is 512 g/mol. The van der Waals surface area contributed by atoms with Crippen LogP contribution in [0.4, 0.5) is 10.2 Å². The van der Waals surface area contributed by atoms with Crippen LogP contribution in [0.2, 0.25) is 0 Å². The lowest BCUT2D eigenvalue weighted by atomic mass is 10.2. The standard InChI is InChI=1S/C22H30FN5O2.HI/c1-3-19(30-20-8-4-7-18(23)14-20)16-27-22(24-2)26-15-17-6-5-9-25-21(17)28-10-12-29-13-11-28;/h4-9,14,19H,3,10-13,15-16H2,1-2H3,(H2,24,26,27);1H. The number of hydrogen-bond donors (Lipinski definition) is 2. The van der Waals surface area contributed by atoms with Gasteiger partial charge >= 0.3 is 0 Å². The van der Waals surface area contributed by atoms with Gasteiger partial charge in [0.2, 0.25) is 0 Å². The summed E-state index contributed by atoms with van der Waals surface area (Å²) in [5, 5.41) is 6.63. The highest BCUT2D eigenvalue weighted by atomic mass is 127. The molecule has 1 saturated heterocycles. The Labute approximate surface area is 200 Å². The Bertz CT molecular complexity index is 833. The predicted octanol–water partition coefficient (Wildman–Crippen LogP) is 3.20. The van der Waals surface area contributed by atoms with Crippen LogP contribution in [0.5, 0.6) is 5.75 Å². The van der Waals surface area contributed by atoms with Crippen molar-refractivity contribution in [3.63, 3.8) is 0 Å². The van der Waals surface area contributed by atoms with E-state index in [0.717, 1.165) is 44.1 Å². The van der Waals surface area contributed by atoms with Gasteiger partial charge in [0.15, 0.2) is 5.96 Å². The summed E-state index contributed by atoms with van der Waals surface area (Å²) in [7, 11) is 1.73. The maximum Gasteiger partial charge on any atom is 0.191 e. The predicted molar refractivity (Wildman–Crippen MR) is 132 cm³/mol. The zero-order valence-electron chi connectivity index (χ0n) is 18.0. The lowest BCUT2D eigenvalue weighted by molar-refractivity contribution is 0.122. The molecule has 0 saturated carbocycles. The van der Waals surface area contributed by atoms with Crippen LogP contribution in [-0.2, 0) is 11.3 Å². The van der Waals surface area contributed by atoms with Crippen LogP contribution in [-0.4, -0.2) is 56.9 Å². The maximum absolute atomic E-state index is 13.4. The minimum atomic E-state index is -0.305. The van der Waals surface area contributed by atoms with E-state index in [1.165, 1.54) is 12.1 Å². The Hall–Kier alpha value is -2.14. The van der Waals surface area contributed by atoms with Crippen molar-refractivity contribution in [1.29, 1.82) is 0 Å². The quantitative estimate of drug-likeness (QED) is 0.303. The van der Waals surface area contributed by atoms with Gasteiger partial charge in [-0.25, -0.2) is 9.37 Å². The normalized spacial score (nSPS) is 15.1. The summed E-state index contributed by atoms with van der Waals surface area (Å²) in [6.45, 7) is 6.30. The second kappa shape index (κ2) is 13.3. The fourth-order valence-corrected chi connectivity index (χ4v) is 3.24. The third-order valence-corrected chi connectivity index (χ3v) is 4.90. The fourth-order valence-electron chi connectivity index (χ4n) is 3.24. The molecule has 0 spiro atoms. The molecule has 0 bridgehead atoms. The van der Waals surface area contributed by atoms with Gasteiger partial charge in [0.05, 0.1) is 19.8 Å². The van der Waals surface area contributed by atoms with Gasteiger partial charge in [-0.1, -0.05) is 19.1 Å². The average Bonchev–Trinajstić information content (AvgIpc) is 2.79. The number of nitrogens with one attached hydrogen (secondary N) is 2. The van der Waals surface area contributed by atoms with Gasteiger partial charge in [-0.2, -0.15) is 0 Å². The number of rotatable bonds is 8. The van der Waals surface area contributed by atoms with E-state index in [-0.39, 0.29) is 35.9 Å². The average molecular weight is 543 g/mol. The molecule has 1 aliphatic rings. The summed E-state index contributed by atoms with van der Waals surface area (Å²) in [5.74, 6) is 1.87. The molecule has 170 valence electrons. The molecule has 3 rings (SSSR count). The molecule has 2 N–H and O–H groups in total. The van der Waals surface area contributed by atoms with Crippen LogP contribution in [0, 0.1) is 5.82 Å². The second-order valence-electron chi connectivity index (χ2n) is 7.00. The molecule has 1 aliphatic heterocycles. The van der Waals surface area contributed by atoms with E-state index >= 15 is 0 Å². The second-order valence-corrected chi connectivity index (χ2v) is 7.00. The van der Waals surface area contributed by atoms with Gasteiger partial charge in [0.1, 0.15) is 23.5 Å². The van der Waals surface area contributed by atoms with E-state index in [0.29, 0.717) is 24.8 Å². The van der Waals surface area contributed by atoms with Crippen molar-refractivity contribution in [2.45, 2.75) is 26.0 Å². The number of morpholine rings is 1. The summed E-state index contributed by atoms with van der Waals surface area (Å²) >= 11 is 0. The number of aliphatic imine (C=N–C) groups is 1. The van der Waals surface area contributed by atoms with Gasteiger partial charge in [-0.15, -0.1) is 24.0 Å². The molecule has 2 aromatic rings. The molecule has 0 aliphatic carbocycles. The molecule has 1 unspecified atom stereocenters. The number of halogens is 2. The summed E-state index contributed by atoms with van der Waals surface area (Å²) in [5.41, 5.74) is 1.10. The number of guanidine groups is 1. The first kappa shape index (κ1) is 25.1. The number of aromatic nitrogens is 1. The molecule has 0 amide bonds. The van der Waals surface area contributed by atoms with E-state index in [1.54, 1.807) is 19.2 Å². The molecule has 1 aromatic carbocycles. The molecule has 7 nitrogen and oxygen atoms in total. The van der Waals surface area contributed by atoms with Crippen molar-refractivity contribution in [2.75, 3.05) is 44.8 Å². The monoisotopic (exact) mass is 543 g/mol. The SMILES string of the molecule is CCC(CNC(=NC)NCc1cccnc1N1CCOCC1)Oc1cccc(F)c1.I. The Kier molecular flexibility index (Phi) is 10.8. The van der Waals surface area contributed by atoms with Crippen molar-refractivity contribution in [3.05, 3.63) is 54.0 Å². The Morgan fingerprint density at radius 2 is 2.06 bits per heavy atom. The first-order chi connectivity index (χ1) is 14.7. The molecule has 1 aromatic heterocycles. The van der Waals surface area contributed by atoms with Crippen LogP contribution in [0.25, 0.3) is 0 Å². The van der Waals surface area contributed by atoms with Crippen molar-refractivity contribution < 1.29 is 13.9 Å². The number of anilines is 1. The van der Waals surface area contributed by atoms with Crippen LogP contribution < -0.4 is 20.3 Å². The highest BCUT2D eigenvalue weighted by Crippen LogP contribution is 2.18. The Morgan fingerprint density at radius 1 is 1.26 bits per heavy atom. The largest absolute Gasteiger partial charge is 0.489 e. The van der Waals surface area contributed by atoms with E-state index in [9.17, 15) is 4.39 Å². The molecule has 0 radical (unpaired) electrons. The minimum absolute atomic E-state index is 0. The summed E-state index contributed by atoms with van der Waals surface area (Å²) in [4.78, 5) is 11.1. The van der Waals surface area contributed by atoms with Crippen LogP contribution in [0.15, 0.2) is 47.6 Å². The van der Waals surface area contributed by atoms with Gasteiger partial charge < -0.3 is 25.0 Å². The summed E-state index contributed by atoms with van der Waals surface area (Å²) in [6, 6.07) is 10.2. The number of benzene rings is 1. The van der Waals surface area contributed by atoms with Crippen LogP contribution >= 0.6 is 24.0 Å². The Balaban J connectivity index is 0.00000341. The molecule has 1 atom stereocenters. The third kappa shape index (κ3) is 7.80. The zero-order valence-corrected chi connectivity index (χ0v) is 20.3. The van der Waals surface area contributed by atoms with Gasteiger partial charge in [-0.3, -0.25) is 4.99 Å². The zero-order chi connectivity index (χ0) is 21.2. The topological polar surface area (TPSA) is 71.0 Å². The highest BCUT2D eigenvalue weighted by Gasteiger charge is 2.16. The summed E-state index contributed by atoms with van der Waals surface area (Å²) < 4.78 is 24.7. The van der Waals surface area contributed by atoms with Crippen molar-refractivity contribution >= 4 is 35.8 Å². The molecule has 31 heavy (non-hydrogen) atoms. The fraction of sp³-hybridized carbons (Fsp3) is 0.455. The molecular formula is C22H31FIN5O2. The number of nitrogens with zero attached hydrogens (tertiary/aromatic N) is 3. The van der Waals surface area contributed by atoms with Crippen molar-refractivity contribution in [3.8, 4) is 5.75 Å². The number of ether oxygens (including phenoxy) is 2. The maximum atomic E-state index is 13.4. The molecule has 1 fully saturated rings. The van der Waals surface area contributed by atoms with E-state index in [4.69, 9.17) is 9.47 Å². The van der Waals surface area contributed by atoms with Crippen molar-refractivity contribution in [1.82, 2.24) is 15.6 Å². The van der Waals surface area contributed by atoms with E-state index in [1.807, 2.05) is 19.2 Å². The van der Waals surface area contributed by atoms with Crippen LogP contribution in [0.1, 0.15) is 18.9 Å². The first-order valence-corrected chi connectivity index (χ1v) is 10.3. The van der Waals surface area contributed by atoms with E-state index in [2.05, 4.69) is 31.6 Å². The lowest BCUT2D eigenvalue weighted by Gasteiger charge is -2.29. The molecule has 9 heteroatoms. The summed E-state index contributed by atoms with van der Waals surface area (Å²) in [6.07, 6.45) is 2.49. The minimum Gasteiger partial charge on any atom is -0.489 e. The highest BCUT2D eigenvalue weighted by molar-refractivity contribution is 14.0. The van der Waals surface area contributed by atoms with Crippen LogP contribution in [0.3, 0.4) is 0 Å². The Morgan fingerprint density at radius 3 is 2.77 bits per heavy atom. The number of hydrogen-bond acceptors (Lipinski definition) is 5. The van der Waals surface area contributed by atoms with Gasteiger partial charge in [-0.05, 0) is 24.6 Å². The smallest absolute Gasteiger partial charge is 0.191 e. The van der Waals surface area contributed by atoms with Crippen molar-refractivity contribution in [2.24, 2.45) is 4.99 Å². The van der Waals surface area contributed by atoms with Gasteiger partial charge in [0, 0.05) is 44.5 Å². The third-order valence-electron chi connectivity index (χ3n) is 4.90. The first-order valence-electron chi connectivity index (χ1n) is 10.3. The number of pyridine rings is 1. The molecule has 2 heterocycles.